The Bertz CT molecular complexity index is 1050. The van der Waals surface area contributed by atoms with Gasteiger partial charge in [-0.05, 0) is 61.9 Å². The zero-order valence-corrected chi connectivity index (χ0v) is 20.0. The van der Waals surface area contributed by atoms with Gasteiger partial charge in [-0.1, -0.05) is 37.1 Å². The molecule has 2 heterocycles. The summed E-state index contributed by atoms with van der Waals surface area (Å²) in [6, 6.07) is 14.0. The van der Waals surface area contributed by atoms with E-state index in [0.29, 0.717) is 45.7 Å². The topological polar surface area (TPSA) is 67.9 Å². The number of amides is 2. The van der Waals surface area contributed by atoms with Gasteiger partial charge in [0.1, 0.15) is 13.2 Å². The predicted octanol–water partition coefficient (Wildman–Crippen LogP) is 4.25. The second kappa shape index (κ2) is 9.69. The Morgan fingerprint density at radius 1 is 1.00 bits per heavy atom. The molecule has 1 saturated carbocycles. The quantitative estimate of drug-likeness (QED) is 0.722. The molecule has 5 rings (SSSR count). The van der Waals surface area contributed by atoms with Crippen molar-refractivity contribution in [3.8, 4) is 11.5 Å². The lowest BCUT2D eigenvalue weighted by molar-refractivity contribution is -0.126. The summed E-state index contributed by atoms with van der Waals surface area (Å²) >= 11 is 0. The molecule has 2 aromatic rings. The molecule has 0 spiro atoms. The molecule has 0 radical (unpaired) electrons. The number of rotatable bonds is 5. The van der Waals surface area contributed by atoms with Crippen LogP contribution in [0.15, 0.2) is 42.5 Å². The van der Waals surface area contributed by atoms with Crippen molar-refractivity contribution in [2.75, 3.05) is 32.8 Å². The number of nitrogens with zero attached hydrogens (tertiary/aromatic N) is 1. The summed E-state index contributed by atoms with van der Waals surface area (Å²) in [6.07, 6.45) is 5.89. The monoisotopic (exact) mass is 462 g/mol. The average molecular weight is 463 g/mol. The van der Waals surface area contributed by atoms with Gasteiger partial charge in [-0.3, -0.25) is 9.59 Å². The Morgan fingerprint density at radius 2 is 1.71 bits per heavy atom. The molecule has 34 heavy (non-hydrogen) atoms. The molecule has 6 heteroatoms. The number of hydrogen-bond donors (Lipinski definition) is 1. The van der Waals surface area contributed by atoms with Gasteiger partial charge in [0.15, 0.2) is 11.5 Å². The first kappa shape index (κ1) is 22.8. The fourth-order valence-electron chi connectivity index (χ4n) is 5.72. The van der Waals surface area contributed by atoms with E-state index in [2.05, 4.69) is 17.4 Å². The molecular formula is C28H34N2O4. The predicted molar refractivity (Wildman–Crippen MR) is 130 cm³/mol. The maximum absolute atomic E-state index is 13.1. The fourth-order valence-corrected chi connectivity index (χ4v) is 5.72. The highest BCUT2D eigenvalue weighted by atomic mass is 16.6. The number of aryl methyl sites for hydroxylation is 1. The first-order valence-corrected chi connectivity index (χ1v) is 12.6. The van der Waals surface area contributed by atoms with E-state index in [4.69, 9.17) is 9.47 Å². The molecule has 1 saturated heterocycles. The van der Waals surface area contributed by atoms with Crippen molar-refractivity contribution in [3.05, 3.63) is 59.2 Å². The summed E-state index contributed by atoms with van der Waals surface area (Å²) < 4.78 is 11.5. The van der Waals surface area contributed by atoms with Gasteiger partial charge >= 0.3 is 0 Å². The van der Waals surface area contributed by atoms with Crippen LogP contribution in [0.25, 0.3) is 0 Å². The van der Waals surface area contributed by atoms with E-state index in [1.165, 1.54) is 18.4 Å². The third-order valence-electron chi connectivity index (χ3n) is 7.84. The van der Waals surface area contributed by atoms with Gasteiger partial charge in [-0.15, -0.1) is 0 Å². The van der Waals surface area contributed by atoms with Gasteiger partial charge in [0, 0.05) is 36.5 Å². The van der Waals surface area contributed by atoms with Crippen LogP contribution in [-0.4, -0.2) is 49.6 Å². The van der Waals surface area contributed by atoms with Gasteiger partial charge in [-0.2, -0.15) is 0 Å². The van der Waals surface area contributed by atoms with E-state index >= 15 is 0 Å². The van der Waals surface area contributed by atoms with Crippen LogP contribution in [0.4, 0.5) is 0 Å². The van der Waals surface area contributed by atoms with Crippen molar-refractivity contribution in [1.29, 1.82) is 0 Å². The lowest BCUT2D eigenvalue weighted by atomic mass is 9.78. The Morgan fingerprint density at radius 3 is 2.44 bits per heavy atom. The summed E-state index contributed by atoms with van der Waals surface area (Å²) in [5, 5.41) is 3.28. The van der Waals surface area contributed by atoms with Gasteiger partial charge in [0.25, 0.3) is 5.91 Å². The molecule has 3 aliphatic rings. The number of fused-ring (bicyclic) bond motifs is 1. The minimum Gasteiger partial charge on any atom is -0.486 e. The molecule has 0 bridgehead atoms. The summed E-state index contributed by atoms with van der Waals surface area (Å²) in [6.45, 7) is 5.02. The lowest BCUT2D eigenvalue weighted by Gasteiger charge is -2.34. The minimum absolute atomic E-state index is 0.0420. The van der Waals surface area contributed by atoms with E-state index in [1.807, 2.05) is 42.2 Å². The molecule has 1 aliphatic carbocycles. The van der Waals surface area contributed by atoms with Crippen LogP contribution < -0.4 is 14.8 Å². The third kappa shape index (κ3) is 4.50. The summed E-state index contributed by atoms with van der Waals surface area (Å²) in [5.74, 6) is 1.76. The van der Waals surface area contributed by atoms with E-state index in [1.54, 1.807) is 0 Å². The van der Waals surface area contributed by atoms with Crippen molar-refractivity contribution in [2.24, 2.45) is 5.92 Å². The fraction of sp³-hybridized carbons (Fsp3) is 0.500. The number of likely N-dealkylation sites (tertiary alicyclic amines) is 1. The van der Waals surface area contributed by atoms with Crippen LogP contribution in [-0.2, 0) is 10.2 Å². The van der Waals surface area contributed by atoms with Crippen molar-refractivity contribution in [2.45, 2.75) is 50.9 Å². The molecule has 2 aliphatic heterocycles. The zero-order valence-electron chi connectivity index (χ0n) is 20.0. The van der Waals surface area contributed by atoms with Crippen LogP contribution in [0.3, 0.4) is 0 Å². The zero-order chi connectivity index (χ0) is 23.5. The molecule has 2 fully saturated rings. The van der Waals surface area contributed by atoms with Crippen LogP contribution in [0.2, 0.25) is 0 Å². The number of hydrogen-bond acceptors (Lipinski definition) is 4. The Labute approximate surface area is 201 Å². The van der Waals surface area contributed by atoms with Crippen molar-refractivity contribution < 1.29 is 19.1 Å². The molecule has 2 amide bonds. The number of carbonyl (C=O) groups excluding carboxylic acids is 2. The van der Waals surface area contributed by atoms with Crippen molar-refractivity contribution >= 4 is 11.8 Å². The first-order valence-electron chi connectivity index (χ1n) is 12.6. The van der Waals surface area contributed by atoms with Gasteiger partial charge in [0.2, 0.25) is 5.91 Å². The van der Waals surface area contributed by atoms with Crippen LogP contribution in [0, 0.1) is 12.8 Å². The maximum atomic E-state index is 13.1. The second-order valence-corrected chi connectivity index (χ2v) is 9.95. The van der Waals surface area contributed by atoms with E-state index < -0.39 is 0 Å². The number of ether oxygens (including phenoxy) is 2. The van der Waals surface area contributed by atoms with Crippen LogP contribution >= 0.6 is 0 Å². The van der Waals surface area contributed by atoms with Crippen molar-refractivity contribution in [3.63, 3.8) is 0 Å². The highest BCUT2D eigenvalue weighted by Gasteiger charge is 2.38. The number of nitrogens with one attached hydrogen (secondary N) is 1. The molecule has 2 aromatic carbocycles. The smallest absolute Gasteiger partial charge is 0.254 e. The summed E-state index contributed by atoms with van der Waals surface area (Å²) in [4.78, 5) is 27.9. The first-order chi connectivity index (χ1) is 16.6. The lowest BCUT2D eigenvalue weighted by Crippen LogP contribution is -2.46. The van der Waals surface area contributed by atoms with Gasteiger partial charge < -0.3 is 19.7 Å². The van der Waals surface area contributed by atoms with E-state index in [9.17, 15) is 9.59 Å². The Hall–Kier alpha value is -3.02. The number of piperidine rings is 1. The van der Waals surface area contributed by atoms with Crippen molar-refractivity contribution in [1.82, 2.24) is 10.2 Å². The molecule has 180 valence electrons. The summed E-state index contributed by atoms with van der Waals surface area (Å²) in [7, 11) is 0. The second-order valence-electron chi connectivity index (χ2n) is 9.95. The van der Waals surface area contributed by atoms with Gasteiger partial charge in [-0.25, -0.2) is 0 Å². The third-order valence-corrected chi connectivity index (χ3v) is 7.84. The normalized spacial score (nSPS) is 19.6. The van der Waals surface area contributed by atoms with Gasteiger partial charge in [0.05, 0.1) is 0 Å². The van der Waals surface area contributed by atoms with Crippen LogP contribution in [0.5, 0.6) is 11.5 Å². The SMILES string of the molecule is Cc1ccccc1C(=O)N1CCC(C(=O)NCC2(c3ccc4c(c3)OCCO4)CCCC2)CC1. The highest BCUT2D eigenvalue weighted by Crippen LogP contribution is 2.44. The number of carbonyl (C=O) groups is 2. The average Bonchev–Trinajstić information content (AvgIpc) is 3.37. The van der Waals surface area contributed by atoms with E-state index in [-0.39, 0.29) is 23.1 Å². The molecule has 0 aromatic heterocycles. The van der Waals surface area contributed by atoms with E-state index in [0.717, 1.165) is 35.5 Å². The molecule has 6 nitrogen and oxygen atoms in total. The molecule has 1 N–H and O–H groups in total. The van der Waals surface area contributed by atoms with Crippen LogP contribution in [0.1, 0.15) is 60.0 Å². The summed E-state index contributed by atoms with van der Waals surface area (Å²) in [5.41, 5.74) is 2.93. The Balaban J connectivity index is 1.19. The molecule has 0 atom stereocenters. The Kier molecular flexibility index (Phi) is 6.48. The largest absolute Gasteiger partial charge is 0.486 e. The molecule has 0 unspecified atom stereocenters. The maximum Gasteiger partial charge on any atom is 0.254 e. The standard InChI is InChI=1S/C28H34N2O4/c1-20-6-2-3-7-23(20)27(32)30-14-10-21(11-15-30)26(31)29-19-28(12-4-5-13-28)22-8-9-24-25(18-22)34-17-16-33-24/h2-3,6-9,18,21H,4-5,10-17,19H2,1H3,(H,29,31). The minimum atomic E-state index is -0.0486. The molecular weight excluding hydrogens is 428 g/mol. The number of benzene rings is 2. The highest BCUT2D eigenvalue weighted by molar-refractivity contribution is 5.95.